The molecule has 0 spiro atoms. The van der Waals surface area contributed by atoms with Crippen molar-refractivity contribution in [2.45, 2.75) is 31.9 Å². The van der Waals surface area contributed by atoms with Gasteiger partial charge in [0.25, 0.3) is 0 Å². The molecule has 2 atom stereocenters. The van der Waals surface area contributed by atoms with Crippen molar-refractivity contribution in [3.63, 3.8) is 0 Å². The number of aliphatic hydroxyl groups is 1. The van der Waals surface area contributed by atoms with E-state index in [2.05, 4.69) is 5.32 Å². The van der Waals surface area contributed by atoms with E-state index in [1.807, 2.05) is 42.5 Å². The van der Waals surface area contributed by atoms with Crippen LogP contribution in [0.4, 0.5) is 0 Å². The number of carbonyl (C=O) groups is 3. The average molecular weight is 419 g/mol. The summed E-state index contributed by atoms with van der Waals surface area (Å²) < 4.78 is 4.78. The second kappa shape index (κ2) is 10.6. The van der Waals surface area contributed by atoms with E-state index in [0.29, 0.717) is 5.02 Å². The molecule has 29 heavy (non-hydrogen) atoms. The molecule has 2 aromatic rings. The van der Waals surface area contributed by atoms with Crippen LogP contribution in [-0.4, -0.2) is 41.6 Å². The summed E-state index contributed by atoms with van der Waals surface area (Å²) in [6.07, 6.45) is -1.27. The normalized spacial score (nSPS) is 12.7. The van der Waals surface area contributed by atoms with Gasteiger partial charge in [-0.1, -0.05) is 48.0 Å². The molecule has 2 aromatic carbocycles. The van der Waals surface area contributed by atoms with Crippen molar-refractivity contribution in [3.05, 3.63) is 59.1 Å². The topological polar surface area (TPSA) is 119 Å². The van der Waals surface area contributed by atoms with E-state index < -0.39 is 29.9 Å². The van der Waals surface area contributed by atoms with Gasteiger partial charge in [0.05, 0.1) is 6.61 Å². The zero-order chi connectivity index (χ0) is 21.4. The van der Waals surface area contributed by atoms with Gasteiger partial charge >= 0.3 is 17.8 Å². The minimum atomic E-state index is -1.43. The lowest BCUT2D eigenvalue weighted by atomic mass is 9.97. The maximum Gasteiger partial charge on any atom is 0.335 e. The van der Waals surface area contributed by atoms with Crippen LogP contribution in [0.5, 0.6) is 0 Å². The number of hydrogen-bond acceptors (Lipinski definition) is 5. The molecule has 0 aromatic heterocycles. The summed E-state index contributed by atoms with van der Waals surface area (Å²) in [5.74, 6) is -2.92. The Labute approximate surface area is 173 Å². The van der Waals surface area contributed by atoms with Crippen LogP contribution < -0.4 is 11.1 Å². The first-order valence-electron chi connectivity index (χ1n) is 9.10. The summed E-state index contributed by atoms with van der Waals surface area (Å²) in [5, 5.41) is 13.1. The molecule has 0 bridgehead atoms. The maximum absolute atomic E-state index is 11.7. The van der Waals surface area contributed by atoms with Gasteiger partial charge in [-0.25, -0.2) is 4.79 Å². The number of nitrogens with one attached hydrogen (secondary N) is 1. The molecule has 4 N–H and O–H groups in total. The summed E-state index contributed by atoms with van der Waals surface area (Å²) in [7, 11) is 0. The molecule has 7 nitrogen and oxygen atoms in total. The fourth-order valence-corrected chi connectivity index (χ4v) is 3.03. The monoisotopic (exact) mass is 418 g/mol. The van der Waals surface area contributed by atoms with E-state index in [1.54, 1.807) is 13.0 Å². The van der Waals surface area contributed by atoms with E-state index in [4.69, 9.17) is 22.1 Å². The van der Waals surface area contributed by atoms with Crippen LogP contribution in [0, 0.1) is 0 Å². The third-order valence-electron chi connectivity index (χ3n) is 4.22. The molecule has 0 saturated heterocycles. The van der Waals surface area contributed by atoms with E-state index in [9.17, 15) is 19.5 Å². The second-order valence-corrected chi connectivity index (χ2v) is 6.89. The lowest BCUT2D eigenvalue weighted by molar-refractivity contribution is -0.153. The van der Waals surface area contributed by atoms with E-state index in [-0.39, 0.29) is 19.4 Å². The van der Waals surface area contributed by atoms with Gasteiger partial charge in [-0.2, -0.15) is 0 Å². The Hall–Kier alpha value is -2.90. The summed E-state index contributed by atoms with van der Waals surface area (Å²) in [6, 6.07) is 14.3. The van der Waals surface area contributed by atoms with Gasteiger partial charge in [0, 0.05) is 17.5 Å². The minimum Gasteiger partial charge on any atom is -0.464 e. The fraction of sp³-hybridized carbons (Fsp3) is 0.286. The van der Waals surface area contributed by atoms with Crippen molar-refractivity contribution in [1.29, 1.82) is 0 Å². The second-order valence-electron chi connectivity index (χ2n) is 6.45. The molecule has 0 heterocycles. The maximum atomic E-state index is 11.7. The molecule has 8 heteroatoms. The molecule has 0 aliphatic carbocycles. The van der Waals surface area contributed by atoms with Crippen LogP contribution in [0.25, 0.3) is 11.1 Å². The van der Waals surface area contributed by atoms with Crippen molar-refractivity contribution in [3.8, 4) is 11.1 Å². The number of nitrogens with two attached hydrogens (primary N) is 1. The SMILES string of the molecule is CCOC(=O)[C@H](O)C[C@@H](Cc1ccc(-c2cccc(Cl)c2)cc1)NC(=O)C(N)=O. The van der Waals surface area contributed by atoms with Crippen molar-refractivity contribution >= 4 is 29.4 Å². The highest BCUT2D eigenvalue weighted by molar-refractivity contribution is 6.34. The Bertz CT molecular complexity index is 870. The Morgan fingerprint density at radius 1 is 1.14 bits per heavy atom. The molecule has 0 saturated carbocycles. The number of halogens is 1. The molecule has 154 valence electrons. The van der Waals surface area contributed by atoms with Crippen LogP contribution in [0.1, 0.15) is 18.9 Å². The molecule has 0 radical (unpaired) electrons. The number of ether oxygens (including phenoxy) is 1. The van der Waals surface area contributed by atoms with Crippen LogP contribution in [0.3, 0.4) is 0 Å². The number of amides is 2. The molecule has 0 aliphatic heterocycles. The smallest absolute Gasteiger partial charge is 0.335 e. The number of rotatable bonds is 8. The van der Waals surface area contributed by atoms with Crippen LogP contribution in [0.2, 0.25) is 5.02 Å². The highest BCUT2D eigenvalue weighted by Crippen LogP contribution is 2.23. The molecule has 2 rings (SSSR count). The predicted octanol–water partition coefficient (Wildman–Crippen LogP) is 1.83. The third-order valence-corrected chi connectivity index (χ3v) is 4.45. The first kappa shape index (κ1) is 22.4. The zero-order valence-corrected chi connectivity index (χ0v) is 16.7. The molecule has 0 fully saturated rings. The fourth-order valence-electron chi connectivity index (χ4n) is 2.84. The predicted molar refractivity (Wildman–Crippen MR) is 109 cm³/mol. The number of carbonyl (C=O) groups excluding carboxylic acids is 3. The summed E-state index contributed by atoms with van der Waals surface area (Å²) in [6.45, 7) is 1.75. The van der Waals surface area contributed by atoms with Crippen molar-refractivity contribution < 1.29 is 24.2 Å². The number of aliphatic hydroxyl groups excluding tert-OH is 1. The Balaban J connectivity index is 2.13. The Morgan fingerprint density at radius 2 is 1.83 bits per heavy atom. The summed E-state index contributed by atoms with van der Waals surface area (Å²) in [4.78, 5) is 34.5. The van der Waals surface area contributed by atoms with Gasteiger partial charge in [-0.3, -0.25) is 9.59 Å². The van der Waals surface area contributed by atoms with E-state index in [0.717, 1.165) is 16.7 Å². The van der Waals surface area contributed by atoms with Gasteiger partial charge < -0.3 is 20.9 Å². The van der Waals surface area contributed by atoms with Crippen LogP contribution in [-0.2, 0) is 25.5 Å². The summed E-state index contributed by atoms with van der Waals surface area (Å²) >= 11 is 6.03. The summed E-state index contributed by atoms with van der Waals surface area (Å²) in [5.41, 5.74) is 7.75. The number of primary amides is 1. The quantitative estimate of drug-likeness (QED) is 0.446. The van der Waals surface area contributed by atoms with Gasteiger partial charge in [0.15, 0.2) is 6.10 Å². The van der Waals surface area contributed by atoms with Crippen molar-refractivity contribution in [2.24, 2.45) is 5.73 Å². The highest BCUT2D eigenvalue weighted by atomic mass is 35.5. The Kier molecular flexibility index (Phi) is 8.18. The van der Waals surface area contributed by atoms with Gasteiger partial charge in [0.1, 0.15) is 0 Å². The molecule has 2 amide bonds. The van der Waals surface area contributed by atoms with Crippen molar-refractivity contribution in [2.75, 3.05) is 6.61 Å². The zero-order valence-electron chi connectivity index (χ0n) is 15.9. The van der Waals surface area contributed by atoms with E-state index >= 15 is 0 Å². The molecular weight excluding hydrogens is 396 g/mol. The largest absolute Gasteiger partial charge is 0.464 e. The standard InChI is InChI=1S/C21H23ClN2O5/c1-2-29-21(28)18(25)12-17(24-20(27)19(23)26)10-13-6-8-14(9-7-13)15-4-3-5-16(22)11-15/h3-9,11,17-18,25H,2,10,12H2,1H3,(H2,23,26)(H,24,27)/t17-,18-/m1/s1. The third kappa shape index (κ3) is 6.89. The lowest BCUT2D eigenvalue weighted by Gasteiger charge is -2.20. The molecule has 0 unspecified atom stereocenters. The number of benzene rings is 2. The lowest BCUT2D eigenvalue weighted by Crippen LogP contribution is -2.45. The highest BCUT2D eigenvalue weighted by Gasteiger charge is 2.24. The number of esters is 1. The van der Waals surface area contributed by atoms with Crippen molar-refractivity contribution in [1.82, 2.24) is 5.32 Å². The first-order chi connectivity index (χ1) is 13.8. The number of hydrogen-bond donors (Lipinski definition) is 3. The van der Waals surface area contributed by atoms with Crippen LogP contribution >= 0.6 is 11.6 Å². The average Bonchev–Trinajstić information content (AvgIpc) is 2.68. The van der Waals surface area contributed by atoms with Gasteiger partial charge in [0.2, 0.25) is 0 Å². The van der Waals surface area contributed by atoms with Gasteiger partial charge in [-0.15, -0.1) is 0 Å². The van der Waals surface area contributed by atoms with E-state index in [1.165, 1.54) is 0 Å². The van der Waals surface area contributed by atoms with Gasteiger partial charge in [-0.05, 0) is 42.2 Å². The molecule has 0 aliphatic rings. The molecular formula is C21H23ClN2O5. The first-order valence-corrected chi connectivity index (χ1v) is 9.47. The minimum absolute atomic E-state index is 0.117. The Morgan fingerprint density at radius 3 is 2.41 bits per heavy atom. The van der Waals surface area contributed by atoms with Crippen LogP contribution in [0.15, 0.2) is 48.5 Å².